The lowest BCUT2D eigenvalue weighted by atomic mass is 9.97. The molecule has 0 spiro atoms. The van der Waals surface area contributed by atoms with Crippen LogP contribution in [0.5, 0.6) is 5.88 Å². The first kappa shape index (κ1) is 23.0. The second kappa shape index (κ2) is 9.87. The van der Waals surface area contributed by atoms with Crippen molar-refractivity contribution in [3.8, 4) is 28.4 Å². The Bertz CT molecular complexity index is 1460. The minimum absolute atomic E-state index is 0.320. The fourth-order valence-corrected chi connectivity index (χ4v) is 5.39. The van der Waals surface area contributed by atoms with Gasteiger partial charge < -0.3 is 16.2 Å². The van der Waals surface area contributed by atoms with Crippen molar-refractivity contribution in [3.05, 3.63) is 89.3 Å². The molecule has 0 aliphatic heterocycles. The molecule has 5 rings (SSSR count). The number of hydrogen-bond donors (Lipinski definition) is 2. The summed E-state index contributed by atoms with van der Waals surface area (Å²) in [5, 5.41) is 0. The van der Waals surface area contributed by atoms with Crippen molar-refractivity contribution >= 4 is 21.6 Å². The Morgan fingerprint density at radius 1 is 0.943 bits per heavy atom. The minimum Gasteiger partial charge on any atom is -0.481 e. The molecule has 0 bridgehead atoms. The van der Waals surface area contributed by atoms with E-state index >= 15 is 0 Å². The van der Waals surface area contributed by atoms with E-state index in [-0.39, 0.29) is 6.04 Å². The summed E-state index contributed by atoms with van der Waals surface area (Å²) in [4.78, 5) is 19.6. The van der Waals surface area contributed by atoms with Crippen molar-refractivity contribution in [1.82, 2.24) is 19.9 Å². The molecule has 0 radical (unpaired) electrons. The van der Waals surface area contributed by atoms with Crippen molar-refractivity contribution in [2.75, 3.05) is 7.11 Å². The van der Waals surface area contributed by atoms with E-state index in [9.17, 15) is 0 Å². The van der Waals surface area contributed by atoms with Crippen LogP contribution in [0.25, 0.3) is 32.7 Å². The Kier molecular flexibility index (Phi) is 6.50. The zero-order valence-corrected chi connectivity index (χ0v) is 20.4. The maximum Gasteiger partial charge on any atom is 0.221 e. The Morgan fingerprint density at radius 2 is 1.71 bits per heavy atom. The lowest BCUT2D eigenvalue weighted by molar-refractivity contribution is 0.399. The number of pyridine rings is 2. The molecular formula is C27H26N6OS. The molecule has 0 saturated carbocycles. The van der Waals surface area contributed by atoms with E-state index in [1.807, 2.05) is 42.5 Å². The highest BCUT2D eigenvalue weighted by Crippen LogP contribution is 2.43. The van der Waals surface area contributed by atoms with Crippen LogP contribution in [0.15, 0.2) is 73.2 Å². The smallest absolute Gasteiger partial charge is 0.221 e. The predicted molar refractivity (Wildman–Crippen MR) is 140 cm³/mol. The molecule has 4 heterocycles. The van der Waals surface area contributed by atoms with Crippen LogP contribution in [0, 0.1) is 6.92 Å². The van der Waals surface area contributed by atoms with E-state index in [1.54, 1.807) is 37.0 Å². The first-order valence-electron chi connectivity index (χ1n) is 11.3. The Morgan fingerprint density at radius 3 is 2.46 bits per heavy atom. The number of aryl methyl sites for hydroxylation is 1. The normalized spacial score (nSPS) is 13.0. The van der Waals surface area contributed by atoms with Gasteiger partial charge in [0, 0.05) is 46.2 Å². The molecule has 0 fully saturated rings. The summed E-state index contributed by atoms with van der Waals surface area (Å²) in [5.74, 6) is 1.13. The number of thiophene rings is 1. The third kappa shape index (κ3) is 4.51. The molecule has 4 N–H and O–H groups in total. The average molecular weight is 483 g/mol. The van der Waals surface area contributed by atoms with Gasteiger partial charge in [-0.3, -0.25) is 4.98 Å². The molecule has 2 atom stereocenters. The van der Waals surface area contributed by atoms with Gasteiger partial charge in [0.05, 0.1) is 29.1 Å². The van der Waals surface area contributed by atoms with E-state index in [4.69, 9.17) is 26.2 Å². The lowest BCUT2D eigenvalue weighted by Gasteiger charge is -2.21. The number of ether oxygens (including phenoxy) is 1. The van der Waals surface area contributed by atoms with Crippen LogP contribution in [-0.4, -0.2) is 33.1 Å². The highest BCUT2D eigenvalue weighted by Gasteiger charge is 2.26. The van der Waals surface area contributed by atoms with Crippen molar-refractivity contribution in [2.45, 2.75) is 25.4 Å². The van der Waals surface area contributed by atoms with Crippen LogP contribution < -0.4 is 16.2 Å². The van der Waals surface area contributed by atoms with Crippen molar-refractivity contribution in [2.24, 2.45) is 11.5 Å². The van der Waals surface area contributed by atoms with Crippen LogP contribution in [0.1, 0.15) is 22.2 Å². The number of hydrogen-bond acceptors (Lipinski definition) is 8. The van der Waals surface area contributed by atoms with E-state index < -0.39 is 6.04 Å². The van der Waals surface area contributed by atoms with Crippen LogP contribution in [0.3, 0.4) is 0 Å². The van der Waals surface area contributed by atoms with Gasteiger partial charge in [-0.2, -0.15) is 0 Å². The van der Waals surface area contributed by atoms with Gasteiger partial charge >= 0.3 is 0 Å². The topological polar surface area (TPSA) is 113 Å². The largest absolute Gasteiger partial charge is 0.481 e. The summed E-state index contributed by atoms with van der Waals surface area (Å²) in [6.07, 6.45) is 5.82. The van der Waals surface area contributed by atoms with Gasteiger partial charge in [-0.25, -0.2) is 15.0 Å². The quantitative estimate of drug-likeness (QED) is 0.346. The first-order valence-corrected chi connectivity index (χ1v) is 12.1. The van der Waals surface area contributed by atoms with Crippen LogP contribution in [-0.2, 0) is 6.42 Å². The highest BCUT2D eigenvalue weighted by molar-refractivity contribution is 7.19. The van der Waals surface area contributed by atoms with Gasteiger partial charge in [-0.15, -0.1) is 11.3 Å². The number of aromatic nitrogens is 4. The van der Waals surface area contributed by atoms with Gasteiger partial charge in [0.2, 0.25) is 5.88 Å². The first-order chi connectivity index (χ1) is 17.1. The predicted octanol–water partition coefficient (Wildman–Crippen LogP) is 4.70. The average Bonchev–Trinajstić information content (AvgIpc) is 3.24. The molecule has 176 valence electrons. The van der Waals surface area contributed by atoms with Crippen molar-refractivity contribution < 1.29 is 4.74 Å². The van der Waals surface area contributed by atoms with Gasteiger partial charge in [-0.05, 0) is 43.2 Å². The minimum atomic E-state index is -0.483. The van der Waals surface area contributed by atoms with E-state index in [0.29, 0.717) is 18.1 Å². The Labute approximate surface area is 207 Å². The lowest BCUT2D eigenvalue weighted by Crippen LogP contribution is -2.36. The van der Waals surface area contributed by atoms with Crippen molar-refractivity contribution in [3.63, 3.8) is 0 Å². The fraction of sp³-hybridized carbons (Fsp3) is 0.185. The SMILES string of the molecule is COc1ncccc1-c1c(C)sc2c(C(N)C(N)Cc3ccccc3)nc(-c3ccncc3)nc12. The second-order valence-electron chi connectivity index (χ2n) is 8.32. The number of rotatable bonds is 7. The van der Waals surface area contributed by atoms with Crippen LogP contribution in [0.2, 0.25) is 0 Å². The van der Waals surface area contributed by atoms with Gasteiger partial charge in [0.25, 0.3) is 0 Å². The molecule has 0 aliphatic rings. The molecule has 8 heteroatoms. The third-order valence-electron chi connectivity index (χ3n) is 6.00. The highest BCUT2D eigenvalue weighted by atomic mass is 32.1. The molecular weight excluding hydrogens is 456 g/mol. The summed E-state index contributed by atoms with van der Waals surface area (Å²) in [6, 6.07) is 17.0. The third-order valence-corrected chi connectivity index (χ3v) is 7.12. The van der Waals surface area contributed by atoms with Crippen molar-refractivity contribution in [1.29, 1.82) is 0 Å². The molecule has 7 nitrogen and oxygen atoms in total. The molecule has 0 aliphatic carbocycles. The number of fused-ring (bicyclic) bond motifs is 1. The molecule has 0 amide bonds. The Hall–Kier alpha value is -3.72. The number of methoxy groups -OCH3 is 1. The zero-order chi connectivity index (χ0) is 24.4. The van der Waals surface area contributed by atoms with Crippen LogP contribution >= 0.6 is 11.3 Å². The number of benzene rings is 1. The molecule has 0 saturated heterocycles. The standard InChI is InChI=1S/C27H26N6OS/c1-16-21(19-9-6-12-31-27(19)34-2)23-25(35-16)24(33-26(32-23)18-10-13-30-14-11-18)22(29)20(28)15-17-7-4-3-5-8-17/h3-14,20,22H,15,28-29H2,1-2H3. The maximum atomic E-state index is 6.80. The summed E-state index contributed by atoms with van der Waals surface area (Å²) >= 11 is 1.62. The van der Waals surface area contributed by atoms with Gasteiger partial charge in [0.15, 0.2) is 5.82 Å². The van der Waals surface area contributed by atoms with Gasteiger partial charge in [0.1, 0.15) is 0 Å². The molecule has 35 heavy (non-hydrogen) atoms. The number of nitrogens with two attached hydrogens (primary N) is 2. The Balaban J connectivity index is 1.70. The zero-order valence-electron chi connectivity index (χ0n) is 19.6. The monoisotopic (exact) mass is 482 g/mol. The van der Waals surface area contributed by atoms with E-state index in [0.717, 1.165) is 43.0 Å². The molecule has 1 aromatic carbocycles. The van der Waals surface area contributed by atoms with E-state index in [1.165, 1.54) is 0 Å². The maximum absolute atomic E-state index is 6.80. The van der Waals surface area contributed by atoms with E-state index in [2.05, 4.69) is 29.0 Å². The molecule has 5 aromatic rings. The summed E-state index contributed by atoms with van der Waals surface area (Å²) in [5.41, 5.74) is 18.8. The van der Waals surface area contributed by atoms with Crippen LogP contribution in [0.4, 0.5) is 0 Å². The molecule has 2 unspecified atom stereocenters. The summed E-state index contributed by atoms with van der Waals surface area (Å²) in [6.45, 7) is 2.07. The summed E-state index contributed by atoms with van der Waals surface area (Å²) in [7, 11) is 1.62. The summed E-state index contributed by atoms with van der Waals surface area (Å²) < 4.78 is 6.50. The molecule has 4 aromatic heterocycles. The second-order valence-corrected chi connectivity index (χ2v) is 9.54. The van der Waals surface area contributed by atoms with Gasteiger partial charge in [-0.1, -0.05) is 30.3 Å². The number of nitrogens with zero attached hydrogens (tertiary/aromatic N) is 4. The fourth-order valence-electron chi connectivity index (χ4n) is 4.24.